The molecule has 0 spiro atoms. The lowest BCUT2D eigenvalue weighted by molar-refractivity contribution is 0.125. The zero-order chi connectivity index (χ0) is 14.7. The van der Waals surface area contributed by atoms with Crippen molar-refractivity contribution < 1.29 is 9.84 Å². The van der Waals surface area contributed by atoms with Gasteiger partial charge in [0.05, 0.1) is 6.20 Å². The fourth-order valence-corrected chi connectivity index (χ4v) is 2.66. The quantitative estimate of drug-likeness (QED) is 0.939. The predicted molar refractivity (Wildman–Crippen MR) is 79.9 cm³/mol. The average Bonchev–Trinajstić information content (AvgIpc) is 2.50. The Morgan fingerprint density at radius 3 is 2.67 bits per heavy atom. The number of benzene rings is 1. The first-order valence-corrected chi connectivity index (χ1v) is 7.29. The SMILES string of the molecule is Cc1ccc(OC2CCC(c3cncc([O])c3)CN2)cc1. The van der Waals surface area contributed by atoms with Crippen molar-refractivity contribution in [1.82, 2.24) is 10.3 Å². The zero-order valence-corrected chi connectivity index (χ0v) is 12.1. The smallest absolute Gasteiger partial charge is 0.197 e. The fourth-order valence-electron chi connectivity index (χ4n) is 2.66. The maximum atomic E-state index is 11.4. The van der Waals surface area contributed by atoms with E-state index in [1.54, 1.807) is 12.3 Å². The summed E-state index contributed by atoms with van der Waals surface area (Å²) in [7, 11) is 0. The van der Waals surface area contributed by atoms with Gasteiger partial charge in [-0.05, 0) is 49.4 Å². The summed E-state index contributed by atoms with van der Waals surface area (Å²) in [5.74, 6) is 1.20. The largest absolute Gasteiger partial charge is 0.475 e. The lowest BCUT2D eigenvalue weighted by Gasteiger charge is -2.30. The summed E-state index contributed by atoms with van der Waals surface area (Å²) < 4.78 is 5.93. The summed E-state index contributed by atoms with van der Waals surface area (Å²) in [6.07, 6.45) is 5.08. The van der Waals surface area contributed by atoms with Gasteiger partial charge in [-0.15, -0.1) is 0 Å². The Bertz CT molecular complexity index is 590. The van der Waals surface area contributed by atoms with Crippen LogP contribution in [0.5, 0.6) is 11.5 Å². The molecule has 0 amide bonds. The van der Waals surface area contributed by atoms with Crippen LogP contribution in [0, 0.1) is 6.92 Å². The van der Waals surface area contributed by atoms with Gasteiger partial charge in [0.15, 0.2) is 5.75 Å². The molecule has 0 aliphatic carbocycles. The van der Waals surface area contributed by atoms with Crippen LogP contribution in [0.1, 0.15) is 29.9 Å². The van der Waals surface area contributed by atoms with Crippen LogP contribution in [0.3, 0.4) is 0 Å². The van der Waals surface area contributed by atoms with Gasteiger partial charge in [0.1, 0.15) is 12.0 Å². The number of piperidine rings is 1. The first-order valence-electron chi connectivity index (χ1n) is 7.29. The van der Waals surface area contributed by atoms with Crippen LogP contribution in [0.15, 0.2) is 42.7 Å². The van der Waals surface area contributed by atoms with Crippen LogP contribution < -0.4 is 10.1 Å². The highest BCUT2D eigenvalue weighted by atomic mass is 16.5. The second kappa shape index (κ2) is 6.14. The number of pyridine rings is 1. The molecule has 3 rings (SSSR count). The van der Waals surface area contributed by atoms with E-state index < -0.39 is 0 Å². The van der Waals surface area contributed by atoms with Crippen LogP contribution in [-0.4, -0.2) is 17.8 Å². The number of aryl methyl sites for hydroxylation is 1. The molecule has 1 aromatic heterocycles. The molecule has 2 heterocycles. The fraction of sp³-hybridized carbons (Fsp3) is 0.353. The van der Waals surface area contributed by atoms with Crippen molar-refractivity contribution in [3.8, 4) is 11.5 Å². The van der Waals surface area contributed by atoms with Crippen LogP contribution in [-0.2, 0) is 5.11 Å². The molecule has 2 unspecified atom stereocenters. The van der Waals surface area contributed by atoms with Gasteiger partial charge in [-0.2, -0.15) is 0 Å². The summed E-state index contributed by atoms with van der Waals surface area (Å²) in [6, 6.07) is 9.76. The normalized spacial score (nSPS) is 22.0. The summed E-state index contributed by atoms with van der Waals surface area (Å²) in [5.41, 5.74) is 2.24. The highest BCUT2D eigenvalue weighted by molar-refractivity contribution is 5.27. The number of rotatable bonds is 3. The van der Waals surface area contributed by atoms with Crippen molar-refractivity contribution in [2.24, 2.45) is 0 Å². The molecule has 0 saturated carbocycles. The van der Waals surface area contributed by atoms with Crippen molar-refractivity contribution in [2.45, 2.75) is 31.9 Å². The Morgan fingerprint density at radius 1 is 1.19 bits per heavy atom. The third-order valence-electron chi connectivity index (χ3n) is 3.87. The molecular weight excluding hydrogens is 264 g/mol. The Hall–Kier alpha value is -2.07. The van der Waals surface area contributed by atoms with E-state index in [1.807, 2.05) is 24.3 Å². The van der Waals surface area contributed by atoms with Crippen molar-refractivity contribution >= 4 is 0 Å². The second-order valence-electron chi connectivity index (χ2n) is 5.56. The molecule has 1 radical (unpaired) electrons. The number of aromatic nitrogens is 1. The summed E-state index contributed by atoms with van der Waals surface area (Å²) in [5, 5.41) is 14.8. The summed E-state index contributed by atoms with van der Waals surface area (Å²) in [6.45, 7) is 2.87. The lowest BCUT2D eigenvalue weighted by Crippen LogP contribution is -2.41. The van der Waals surface area contributed by atoms with Crippen molar-refractivity contribution in [1.29, 1.82) is 0 Å². The number of nitrogens with zero attached hydrogens (tertiary/aromatic N) is 1. The molecule has 1 fully saturated rings. The van der Waals surface area contributed by atoms with E-state index in [4.69, 9.17) is 4.74 Å². The molecule has 0 bridgehead atoms. The summed E-state index contributed by atoms with van der Waals surface area (Å²) in [4.78, 5) is 3.98. The molecule has 1 aromatic carbocycles. The minimum absolute atomic E-state index is 0.0227. The van der Waals surface area contributed by atoms with E-state index in [1.165, 1.54) is 11.8 Å². The molecule has 1 aliphatic heterocycles. The van der Waals surface area contributed by atoms with Crippen LogP contribution in [0.25, 0.3) is 0 Å². The lowest BCUT2D eigenvalue weighted by atomic mass is 9.92. The Morgan fingerprint density at radius 2 is 2.00 bits per heavy atom. The van der Waals surface area contributed by atoms with Gasteiger partial charge in [-0.25, -0.2) is 0 Å². The molecule has 2 atom stereocenters. The van der Waals surface area contributed by atoms with Gasteiger partial charge >= 0.3 is 0 Å². The van der Waals surface area contributed by atoms with Gasteiger partial charge in [0.25, 0.3) is 0 Å². The topological polar surface area (TPSA) is 54.0 Å². The standard InChI is InChI=1S/C17H19N2O2/c1-12-2-5-16(6-3-12)21-17-7-4-13(10-19-17)14-8-15(20)11-18-9-14/h2-3,5-6,8-9,11,13,17,19H,4,7,10H2,1H3. The third-order valence-corrected chi connectivity index (χ3v) is 3.87. The van der Waals surface area contributed by atoms with Gasteiger partial charge in [0, 0.05) is 12.7 Å². The second-order valence-corrected chi connectivity index (χ2v) is 5.56. The van der Waals surface area contributed by atoms with E-state index in [-0.39, 0.29) is 12.0 Å². The van der Waals surface area contributed by atoms with E-state index in [2.05, 4.69) is 17.2 Å². The predicted octanol–water partition coefficient (Wildman–Crippen LogP) is 3.41. The maximum absolute atomic E-state index is 11.4. The Kier molecular flexibility index (Phi) is 4.06. The molecule has 2 aromatic rings. The first kappa shape index (κ1) is 13.9. The monoisotopic (exact) mass is 283 g/mol. The van der Waals surface area contributed by atoms with E-state index in [0.717, 1.165) is 30.7 Å². The highest BCUT2D eigenvalue weighted by Crippen LogP contribution is 2.27. The number of hydrogen-bond donors (Lipinski definition) is 1. The molecule has 1 aliphatic rings. The molecule has 4 heteroatoms. The van der Waals surface area contributed by atoms with Gasteiger partial charge in [-0.1, -0.05) is 17.7 Å². The first-order chi connectivity index (χ1) is 10.2. The number of hydrogen-bond acceptors (Lipinski definition) is 3. The van der Waals surface area contributed by atoms with Crippen LogP contribution in [0.4, 0.5) is 0 Å². The molecule has 21 heavy (non-hydrogen) atoms. The van der Waals surface area contributed by atoms with Gasteiger partial charge in [-0.3, -0.25) is 15.4 Å². The average molecular weight is 283 g/mol. The molecule has 109 valence electrons. The maximum Gasteiger partial charge on any atom is 0.197 e. The van der Waals surface area contributed by atoms with Crippen molar-refractivity contribution in [2.75, 3.05) is 6.54 Å². The Labute approximate surface area is 124 Å². The molecule has 1 N–H and O–H groups in total. The van der Waals surface area contributed by atoms with E-state index >= 15 is 0 Å². The van der Waals surface area contributed by atoms with Gasteiger partial charge < -0.3 is 4.74 Å². The number of ether oxygens (including phenoxy) is 1. The van der Waals surface area contributed by atoms with E-state index in [9.17, 15) is 5.11 Å². The molecular formula is C17H19N2O2. The Balaban J connectivity index is 1.56. The van der Waals surface area contributed by atoms with E-state index in [0.29, 0.717) is 5.92 Å². The molecule has 1 saturated heterocycles. The van der Waals surface area contributed by atoms with Gasteiger partial charge in [0.2, 0.25) is 0 Å². The van der Waals surface area contributed by atoms with Crippen LogP contribution >= 0.6 is 0 Å². The summed E-state index contributed by atoms with van der Waals surface area (Å²) >= 11 is 0. The van der Waals surface area contributed by atoms with Crippen molar-refractivity contribution in [3.63, 3.8) is 0 Å². The van der Waals surface area contributed by atoms with Crippen LogP contribution in [0.2, 0.25) is 0 Å². The third kappa shape index (κ3) is 3.52. The zero-order valence-electron chi connectivity index (χ0n) is 12.1. The van der Waals surface area contributed by atoms with Crippen molar-refractivity contribution in [3.05, 3.63) is 53.9 Å². The number of nitrogens with one attached hydrogen (secondary N) is 1. The highest BCUT2D eigenvalue weighted by Gasteiger charge is 2.23. The minimum Gasteiger partial charge on any atom is -0.475 e. The minimum atomic E-state index is -0.0227. The molecule has 4 nitrogen and oxygen atoms in total.